The molecule has 0 spiro atoms. The summed E-state index contributed by atoms with van der Waals surface area (Å²) in [4.78, 5) is 25.4. The van der Waals surface area contributed by atoms with Crippen LogP contribution in [0.2, 0.25) is 0 Å². The summed E-state index contributed by atoms with van der Waals surface area (Å²) in [5, 5.41) is 13.8. The molecule has 0 aromatic rings. The van der Waals surface area contributed by atoms with E-state index in [1.165, 1.54) is 154 Å². The average molecular weight is 933 g/mol. The van der Waals surface area contributed by atoms with Crippen molar-refractivity contribution in [3.63, 3.8) is 0 Å². The van der Waals surface area contributed by atoms with Crippen LogP contribution < -0.4 is 10.2 Å². The van der Waals surface area contributed by atoms with Crippen molar-refractivity contribution >= 4 is 13.7 Å². The molecule has 380 valence electrons. The number of hydrogen-bond donors (Lipinski definition) is 2. The molecular weight excluding hydrogens is 828 g/mol. The van der Waals surface area contributed by atoms with Crippen LogP contribution in [-0.2, 0) is 18.4 Å². The van der Waals surface area contributed by atoms with Gasteiger partial charge < -0.3 is 28.8 Å². The largest absolute Gasteiger partial charge is 0.756 e. The van der Waals surface area contributed by atoms with Crippen molar-refractivity contribution in [2.75, 3.05) is 40.9 Å². The molecule has 0 radical (unpaired) electrons. The summed E-state index contributed by atoms with van der Waals surface area (Å²) in [5.41, 5.74) is 0. The Morgan fingerprint density at radius 3 is 1.37 bits per heavy atom. The molecule has 0 fully saturated rings. The lowest BCUT2D eigenvalue weighted by Crippen LogP contribution is -2.45. The van der Waals surface area contributed by atoms with Gasteiger partial charge in [0.1, 0.15) is 13.2 Å². The number of hydrogen-bond acceptors (Lipinski definition) is 6. The maximum Gasteiger partial charge on any atom is 0.268 e. The number of quaternary nitrogens is 1. The Balaban J connectivity index is 4.13. The number of allylic oxidation sites excluding steroid dienone is 9. The van der Waals surface area contributed by atoms with Crippen molar-refractivity contribution in [3.05, 3.63) is 60.8 Å². The van der Waals surface area contributed by atoms with Crippen LogP contribution >= 0.6 is 7.82 Å². The van der Waals surface area contributed by atoms with Crippen LogP contribution in [0.3, 0.4) is 0 Å². The van der Waals surface area contributed by atoms with Gasteiger partial charge in [0.05, 0.1) is 39.9 Å². The van der Waals surface area contributed by atoms with Crippen molar-refractivity contribution < 1.29 is 32.9 Å². The molecule has 0 aliphatic heterocycles. The monoisotopic (exact) mass is 933 g/mol. The zero-order valence-electron chi connectivity index (χ0n) is 43.2. The van der Waals surface area contributed by atoms with Crippen molar-refractivity contribution in [2.45, 2.75) is 251 Å². The third-order valence-electron chi connectivity index (χ3n) is 12.0. The molecule has 65 heavy (non-hydrogen) atoms. The van der Waals surface area contributed by atoms with E-state index in [0.29, 0.717) is 17.4 Å². The van der Waals surface area contributed by atoms with E-state index in [0.717, 1.165) is 64.2 Å². The van der Waals surface area contributed by atoms with E-state index in [-0.39, 0.29) is 19.1 Å². The Kier molecular flexibility index (Phi) is 46.0. The Labute approximate surface area is 402 Å². The van der Waals surface area contributed by atoms with Gasteiger partial charge in [-0.25, -0.2) is 0 Å². The summed E-state index contributed by atoms with van der Waals surface area (Å²) < 4.78 is 23.3. The molecule has 0 saturated carbocycles. The average Bonchev–Trinajstić information content (AvgIpc) is 3.26. The van der Waals surface area contributed by atoms with Crippen molar-refractivity contribution in [3.8, 4) is 0 Å². The van der Waals surface area contributed by atoms with E-state index < -0.39 is 20.0 Å². The van der Waals surface area contributed by atoms with Gasteiger partial charge in [0, 0.05) is 6.42 Å². The van der Waals surface area contributed by atoms with Crippen LogP contribution in [0.25, 0.3) is 0 Å². The van der Waals surface area contributed by atoms with E-state index >= 15 is 0 Å². The molecule has 0 aromatic carbocycles. The van der Waals surface area contributed by atoms with E-state index in [1.54, 1.807) is 6.08 Å². The lowest BCUT2D eigenvalue weighted by atomic mass is 10.0. The number of aliphatic hydroxyl groups is 1. The van der Waals surface area contributed by atoms with E-state index in [9.17, 15) is 19.4 Å². The quantitative estimate of drug-likeness (QED) is 0.0272. The molecule has 8 nitrogen and oxygen atoms in total. The van der Waals surface area contributed by atoms with Crippen LogP contribution in [0.1, 0.15) is 239 Å². The summed E-state index contributed by atoms with van der Waals surface area (Å²) >= 11 is 0. The second-order valence-corrected chi connectivity index (χ2v) is 21.0. The molecule has 0 aliphatic rings. The minimum atomic E-state index is -4.59. The first-order valence-electron chi connectivity index (χ1n) is 27.2. The van der Waals surface area contributed by atoms with Crippen LogP contribution in [0, 0.1) is 0 Å². The van der Waals surface area contributed by atoms with Gasteiger partial charge >= 0.3 is 0 Å². The Morgan fingerprint density at radius 2 is 0.938 bits per heavy atom. The van der Waals surface area contributed by atoms with Crippen LogP contribution in [0.5, 0.6) is 0 Å². The third-order valence-corrected chi connectivity index (χ3v) is 12.9. The summed E-state index contributed by atoms with van der Waals surface area (Å²) in [6.07, 6.45) is 62.9. The van der Waals surface area contributed by atoms with E-state index in [4.69, 9.17) is 9.05 Å². The van der Waals surface area contributed by atoms with E-state index in [2.05, 4.69) is 67.8 Å². The molecule has 0 aromatic heterocycles. The number of amides is 1. The van der Waals surface area contributed by atoms with Gasteiger partial charge in [-0.15, -0.1) is 0 Å². The first-order valence-corrected chi connectivity index (χ1v) is 28.6. The predicted octanol–water partition coefficient (Wildman–Crippen LogP) is 15.5. The molecule has 2 N–H and O–H groups in total. The minimum absolute atomic E-state index is 0.00159. The van der Waals surface area contributed by atoms with E-state index in [1.807, 2.05) is 27.2 Å². The predicted molar refractivity (Wildman–Crippen MR) is 279 cm³/mol. The molecule has 3 unspecified atom stereocenters. The number of phosphoric ester groups is 1. The number of carbonyl (C=O) groups excluding carboxylic acids is 1. The first kappa shape index (κ1) is 63.2. The highest BCUT2D eigenvalue weighted by molar-refractivity contribution is 7.45. The van der Waals surface area contributed by atoms with Gasteiger partial charge in [-0.3, -0.25) is 9.36 Å². The number of rotatable bonds is 49. The Bertz CT molecular complexity index is 1240. The van der Waals surface area contributed by atoms with Gasteiger partial charge in [-0.05, 0) is 57.8 Å². The van der Waals surface area contributed by atoms with Crippen molar-refractivity contribution in [2.24, 2.45) is 0 Å². The number of phosphoric acid groups is 1. The fraction of sp³-hybridized carbons (Fsp3) is 0.804. The maximum atomic E-state index is 12.9. The normalized spacial score (nSPS) is 14.5. The summed E-state index contributed by atoms with van der Waals surface area (Å²) in [6, 6.07) is -0.887. The Morgan fingerprint density at radius 1 is 0.554 bits per heavy atom. The lowest BCUT2D eigenvalue weighted by Gasteiger charge is -2.29. The van der Waals surface area contributed by atoms with Crippen molar-refractivity contribution in [1.82, 2.24) is 5.32 Å². The smallest absolute Gasteiger partial charge is 0.268 e. The molecule has 0 saturated heterocycles. The van der Waals surface area contributed by atoms with Crippen LogP contribution in [-0.4, -0.2) is 68.5 Å². The number of nitrogens with zero attached hydrogens (tertiary/aromatic N) is 1. The van der Waals surface area contributed by atoms with Gasteiger partial charge in [0.15, 0.2) is 0 Å². The highest BCUT2D eigenvalue weighted by Crippen LogP contribution is 2.38. The number of nitrogens with one attached hydrogen (secondary N) is 1. The topological polar surface area (TPSA) is 108 Å². The SMILES string of the molecule is CC/C=C\C/C=C\C/C=C\C/C=C\CCCCCCCCCCCCCCCCCCC(=O)NC(COP(=O)([O-])OCC[N+](C)(C)C)C(O)/C=C/CCCCCCCCCCCCCC. The zero-order chi connectivity index (χ0) is 47.8. The lowest BCUT2D eigenvalue weighted by molar-refractivity contribution is -0.870. The summed E-state index contributed by atoms with van der Waals surface area (Å²) in [6.45, 7) is 4.54. The van der Waals surface area contributed by atoms with Crippen LogP contribution in [0.4, 0.5) is 0 Å². The summed E-state index contributed by atoms with van der Waals surface area (Å²) in [7, 11) is 1.26. The highest BCUT2D eigenvalue weighted by Gasteiger charge is 2.23. The fourth-order valence-electron chi connectivity index (χ4n) is 7.73. The second kappa shape index (κ2) is 47.3. The molecule has 1 amide bonds. The first-order chi connectivity index (χ1) is 31.5. The van der Waals surface area contributed by atoms with Crippen molar-refractivity contribution in [1.29, 1.82) is 0 Å². The maximum absolute atomic E-state index is 12.9. The summed E-state index contributed by atoms with van der Waals surface area (Å²) in [5.74, 6) is -0.198. The van der Waals surface area contributed by atoms with Crippen LogP contribution in [0.15, 0.2) is 60.8 Å². The van der Waals surface area contributed by atoms with Gasteiger partial charge in [0.25, 0.3) is 7.82 Å². The second-order valence-electron chi connectivity index (χ2n) is 19.6. The van der Waals surface area contributed by atoms with Gasteiger partial charge in [-0.1, -0.05) is 235 Å². The molecule has 0 heterocycles. The molecule has 0 rings (SSSR count). The number of likely N-dealkylation sites (N-methyl/N-ethyl adjacent to an activating group) is 1. The molecular formula is C56H105N2O6P. The standard InChI is InChI=1S/C56H105N2O6P/c1-6-8-10-12-14-16-18-20-22-23-24-25-26-27-28-29-30-31-32-33-34-35-36-38-40-42-44-46-48-50-56(60)57-54(53-64-65(61,62)63-52-51-58(3,4)5)55(59)49-47-45-43-41-39-37-21-19-17-15-13-11-9-7-2/h8,10,14,16,20,22,24-25,47,49,54-55,59H,6-7,9,11-13,15,17-19,21,23,26-46,48,50-53H2,1-5H3,(H-,57,60,61,62)/b10-8-,16-14-,22-20-,25-24-,49-47+. The highest BCUT2D eigenvalue weighted by atomic mass is 31.2. The molecule has 9 heteroatoms. The minimum Gasteiger partial charge on any atom is -0.756 e. The zero-order valence-corrected chi connectivity index (χ0v) is 44.1. The molecule has 3 atom stereocenters. The number of unbranched alkanes of at least 4 members (excludes halogenated alkanes) is 28. The molecule has 0 aliphatic carbocycles. The molecule has 0 bridgehead atoms. The Hall–Kier alpha value is -1.80. The van der Waals surface area contributed by atoms with Gasteiger partial charge in [-0.2, -0.15) is 0 Å². The third kappa shape index (κ3) is 49.9. The fourth-order valence-corrected chi connectivity index (χ4v) is 8.46. The number of carbonyl (C=O) groups is 1. The van der Waals surface area contributed by atoms with Gasteiger partial charge in [0.2, 0.25) is 5.91 Å². The number of aliphatic hydroxyl groups excluding tert-OH is 1.